The van der Waals surface area contributed by atoms with E-state index in [2.05, 4.69) is 90.9 Å². The van der Waals surface area contributed by atoms with E-state index in [0.717, 1.165) is 16.6 Å². The van der Waals surface area contributed by atoms with Gasteiger partial charge in [0.1, 0.15) is 6.10 Å². The standard InChI is InChI=1S/C27H35NO/c1-18(20-15-21(26(2,3)4)17-22(16-20)27(5,6)7)25(29-8)24-14-13-19-11-9-10-12-23(19)28-24/h9-18,25H,1-8H3/t18-,25?/m1/s1. The smallest absolute Gasteiger partial charge is 0.106 e. The SMILES string of the molecule is COC(c1ccc2ccccc2n1)[C@H](C)c1cc(C(C)(C)C)cc(C(C)(C)C)c1. The molecule has 3 rings (SSSR count). The van der Waals surface area contributed by atoms with Crippen LogP contribution in [0.5, 0.6) is 0 Å². The normalized spacial score (nSPS) is 14.8. The second-order valence-electron chi connectivity index (χ2n) is 10.2. The van der Waals surface area contributed by atoms with Crippen LogP contribution in [0.15, 0.2) is 54.6 Å². The molecule has 0 radical (unpaired) electrons. The lowest BCUT2D eigenvalue weighted by molar-refractivity contribution is 0.0803. The van der Waals surface area contributed by atoms with Gasteiger partial charge < -0.3 is 4.74 Å². The van der Waals surface area contributed by atoms with Crippen LogP contribution in [-0.4, -0.2) is 12.1 Å². The third-order valence-electron chi connectivity index (χ3n) is 5.83. The summed E-state index contributed by atoms with van der Waals surface area (Å²) < 4.78 is 5.99. The van der Waals surface area contributed by atoms with E-state index in [1.54, 1.807) is 7.11 Å². The minimum Gasteiger partial charge on any atom is -0.375 e. The fourth-order valence-electron chi connectivity index (χ4n) is 3.78. The first-order valence-corrected chi connectivity index (χ1v) is 10.5. The van der Waals surface area contributed by atoms with Crippen molar-refractivity contribution in [1.82, 2.24) is 4.98 Å². The molecule has 0 aliphatic heterocycles. The minimum absolute atomic E-state index is 0.0948. The Balaban J connectivity index is 2.07. The summed E-state index contributed by atoms with van der Waals surface area (Å²) in [5.74, 6) is 0.192. The van der Waals surface area contributed by atoms with Crippen molar-refractivity contribution in [3.8, 4) is 0 Å². The van der Waals surface area contributed by atoms with Crippen molar-refractivity contribution in [3.63, 3.8) is 0 Å². The van der Waals surface area contributed by atoms with Gasteiger partial charge in [0.05, 0.1) is 11.2 Å². The molecule has 2 nitrogen and oxygen atoms in total. The van der Waals surface area contributed by atoms with Crippen molar-refractivity contribution in [2.24, 2.45) is 0 Å². The monoisotopic (exact) mass is 389 g/mol. The van der Waals surface area contributed by atoms with Crippen LogP contribution in [0.3, 0.4) is 0 Å². The molecule has 3 aromatic rings. The second kappa shape index (κ2) is 7.91. The summed E-state index contributed by atoms with van der Waals surface area (Å²) in [7, 11) is 1.79. The topological polar surface area (TPSA) is 22.1 Å². The summed E-state index contributed by atoms with van der Waals surface area (Å²) in [5, 5.41) is 1.16. The van der Waals surface area contributed by atoms with E-state index in [0.29, 0.717) is 0 Å². The van der Waals surface area contributed by atoms with Crippen LogP contribution >= 0.6 is 0 Å². The van der Waals surface area contributed by atoms with Gasteiger partial charge in [0.15, 0.2) is 0 Å². The summed E-state index contributed by atoms with van der Waals surface area (Å²) in [6, 6.07) is 19.6. The largest absolute Gasteiger partial charge is 0.375 e. The highest BCUT2D eigenvalue weighted by molar-refractivity contribution is 5.78. The van der Waals surface area contributed by atoms with Crippen molar-refractivity contribution < 1.29 is 4.74 Å². The zero-order valence-corrected chi connectivity index (χ0v) is 19.2. The second-order valence-corrected chi connectivity index (χ2v) is 10.2. The molecule has 0 spiro atoms. The van der Waals surface area contributed by atoms with Crippen LogP contribution in [-0.2, 0) is 15.6 Å². The van der Waals surface area contributed by atoms with Crippen molar-refractivity contribution in [3.05, 3.63) is 77.0 Å². The van der Waals surface area contributed by atoms with Gasteiger partial charge >= 0.3 is 0 Å². The molecule has 0 N–H and O–H groups in total. The molecule has 1 unspecified atom stereocenters. The van der Waals surface area contributed by atoms with Gasteiger partial charge in [0.2, 0.25) is 0 Å². The van der Waals surface area contributed by atoms with E-state index in [9.17, 15) is 0 Å². The number of para-hydroxylation sites is 1. The van der Waals surface area contributed by atoms with Gasteiger partial charge in [-0.05, 0) is 39.7 Å². The Bertz CT molecular complexity index is 959. The van der Waals surface area contributed by atoms with Crippen molar-refractivity contribution in [1.29, 1.82) is 0 Å². The number of ether oxygens (including phenoxy) is 1. The first-order chi connectivity index (χ1) is 13.5. The number of pyridine rings is 1. The third-order valence-corrected chi connectivity index (χ3v) is 5.83. The number of rotatable bonds is 4. The number of nitrogens with zero attached hydrogens (tertiary/aromatic N) is 1. The molecule has 1 heterocycles. The molecule has 0 fully saturated rings. The maximum Gasteiger partial charge on any atom is 0.106 e. The van der Waals surface area contributed by atoms with Crippen LogP contribution in [0, 0.1) is 0 Å². The summed E-state index contributed by atoms with van der Waals surface area (Å²) in [6.45, 7) is 15.9. The Kier molecular flexibility index (Phi) is 5.87. The number of aromatic nitrogens is 1. The highest BCUT2D eigenvalue weighted by atomic mass is 16.5. The molecule has 154 valence electrons. The van der Waals surface area contributed by atoms with Gasteiger partial charge in [0, 0.05) is 18.4 Å². The van der Waals surface area contributed by atoms with Gasteiger partial charge in [-0.1, -0.05) is 90.9 Å². The zero-order chi connectivity index (χ0) is 21.4. The fraction of sp³-hybridized carbons (Fsp3) is 0.444. The molecular weight excluding hydrogens is 354 g/mol. The Morgan fingerprint density at radius 3 is 1.93 bits per heavy atom. The minimum atomic E-state index is -0.0948. The lowest BCUT2D eigenvalue weighted by atomic mass is 9.77. The first-order valence-electron chi connectivity index (χ1n) is 10.5. The molecule has 0 bridgehead atoms. The van der Waals surface area contributed by atoms with E-state index in [1.165, 1.54) is 16.7 Å². The van der Waals surface area contributed by atoms with E-state index in [-0.39, 0.29) is 22.9 Å². The van der Waals surface area contributed by atoms with E-state index in [4.69, 9.17) is 9.72 Å². The highest BCUT2D eigenvalue weighted by Crippen LogP contribution is 2.38. The summed E-state index contributed by atoms with van der Waals surface area (Å²) in [6.07, 6.45) is -0.0948. The molecule has 0 saturated carbocycles. The molecule has 1 aromatic heterocycles. The van der Waals surface area contributed by atoms with E-state index in [1.807, 2.05) is 12.1 Å². The highest BCUT2D eigenvalue weighted by Gasteiger charge is 2.26. The number of fused-ring (bicyclic) bond motifs is 1. The number of hydrogen-bond acceptors (Lipinski definition) is 2. The molecule has 0 saturated heterocycles. The number of methoxy groups -OCH3 is 1. The van der Waals surface area contributed by atoms with E-state index < -0.39 is 0 Å². The van der Waals surface area contributed by atoms with Crippen molar-refractivity contribution >= 4 is 10.9 Å². The van der Waals surface area contributed by atoms with Crippen molar-refractivity contribution in [2.75, 3.05) is 7.11 Å². The molecular formula is C27H35NO. The van der Waals surface area contributed by atoms with Crippen LogP contribution in [0.2, 0.25) is 0 Å². The molecule has 2 heteroatoms. The lowest BCUT2D eigenvalue weighted by Gasteiger charge is -2.29. The van der Waals surface area contributed by atoms with Crippen LogP contribution < -0.4 is 0 Å². The number of hydrogen-bond donors (Lipinski definition) is 0. The lowest BCUT2D eigenvalue weighted by Crippen LogP contribution is -2.19. The predicted molar refractivity (Wildman–Crippen MR) is 124 cm³/mol. The fourth-order valence-corrected chi connectivity index (χ4v) is 3.78. The number of benzene rings is 2. The predicted octanol–water partition coefficient (Wildman–Crippen LogP) is 7.32. The van der Waals surface area contributed by atoms with Gasteiger partial charge in [-0.25, -0.2) is 0 Å². The van der Waals surface area contributed by atoms with Crippen molar-refractivity contribution in [2.45, 2.75) is 71.3 Å². The summed E-state index contributed by atoms with van der Waals surface area (Å²) in [5.41, 5.74) is 6.24. The molecule has 2 atom stereocenters. The molecule has 0 amide bonds. The first kappa shape index (κ1) is 21.5. The van der Waals surface area contributed by atoms with Crippen LogP contribution in [0.4, 0.5) is 0 Å². The average Bonchev–Trinajstić information content (AvgIpc) is 2.66. The third kappa shape index (κ3) is 4.70. The molecule has 0 aliphatic rings. The Morgan fingerprint density at radius 1 is 0.793 bits per heavy atom. The Morgan fingerprint density at radius 2 is 1.38 bits per heavy atom. The Hall–Kier alpha value is -2.19. The van der Waals surface area contributed by atoms with Gasteiger partial charge in [-0.15, -0.1) is 0 Å². The van der Waals surface area contributed by atoms with E-state index >= 15 is 0 Å². The van der Waals surface area contributed by atoms with Gasteiger partial charge in [-0.2, -0.15) is 0 Å². The quantitative estimate of drug-likeness (QED) is 0.466. The van der Waals surface area contributed by atoms with Gasteiger partial charge in [0.25, 0.3) is 0 Å². The average molecular weight is 390 g/mol. The van der Waals surface area contributed by atoms with Gasteiger partial charge in [-0.3, -0.25) is 4.98 Å². The summed E-state index contributed by atoms with van der Waals surface area (Å²) in [4.78, 5) is 4.91. The maximum atomic E-state index is 5.99. The van der Waals surface area contributed by atoms with Crippen LogP contribution in [0.25, 0.3) is 10.9 Å². The Labute approximate surface area is 176 Å². The zero-order valence-electron chi connectivity index (χ0n) is 19.2. The van der Waals surface area contributed by atoms with Crippen LogP contribution in [0.1, 0.15) is 82.9 Å². The summed E-state index contributed by atoms with van der Waals surface area (Å²) >= 11 is 0. The molecule has 29 heavy (non-hydrogen) atoms. The molecule has 2 aromatic carbocycles. The molecule has 0 aliphatic carbocycles. The maximum absolute atomic E-state index is 5.99.